The van der Waals surface area contributed by atoms with Gasteiger partial charge in [0.1, 0.15) is 13.2 Å². The van der Waals surface area contributed by atoms with Gasteiger partial charge in [0.05, 0.1) is 8.86 Å². The van der Waals surface area contributed by atoms with Gasteiger partial charge in [0.25, 0.3) is 0 Å². The average molecular weight is 550 g/mol. The maximum atomic E-state index is 11.2. The van der Waals surface area contributed by atoms with Crippen LogP contribution < -0.4 is 0 Å². The molecule has 2 rings (SSSR count). The minimum Gasteiger partial charge on any atom is -0.460 e. The highest BCUT2D eigenvalue weighted by Crippen LogP contribution is 2.21. The molecule has 0 unspecified atom stereocenters. The maximum absolute atomic E-state index is 11.2. The smallest absolute Gasteiger partial charge is 0.316 e. The summed E-state index contributed by atoms with van der Waals surface area (Å²) < 4.78 is 10.9. The van der Waals surface area contributed by atoms with Crippen molar-refractivity contribution in [2.45, 2.75) is 13.2 Å². The molecule has 126 valence electrons. The molecule has 0 heterocycles. The van der Waals surface area contributed by atoms with Crippen LogP contribution in [0.3, 0.4) is 0 Å². The fourth-order valence-corrected chi connectivity index (χ4v) is 2.43. The van der Waals surface area contributed by atoms with Gasteiger partial charge < -0.3 is 9.47 Å². The predicted octanol–water partition coefficient (Wildman–Crippen LogP) is 4.31. The van der Waals surface area contributed by atoms with Gasteiger partial charge in [-0.05, 0) is 22.3 Å². The number of rotatable bonds is 7. The highest BCUT2D eigenvalue weighted by atomic mass is 127. The van der Waals surface area contributed by atoms with Crippen molar-refractivity contribution in [2.24, 2.45) is 0 Å². The number of hydrogen-bond acceptors (Lipinski definition) is 4. The topological polar surface area (TPSA) is 52.6 Å². The van der Waals surface area contributed by atoms with E-state index in [9.17, 15) is 9.59 Å². The lowest BCUT2D eigenvalue weighted by Gasteiger charge is -2.07. The third-order valence-electron chi connectivity index (χ3n) is 3.26. The summed E-state index contributed by atoms with van der Waals surface area (Å²) in [4.78, 5) is 22.3. The Labute approximate surface area is 168 Å². The highest BCUT2D eigenvalue weighted by molar-refractivity contribution is 14.1. The van der Waals surface area contributed by atoms with Crippen LogP contribution in [-0.4, -0.2) is 20.8 Å². The molecule has 0 N–H and O–H groups in total. The van der Waals surface area contributed by atoms with Crippen LogP contribution in [0.4, 0.5) is 0 Å². The minimum absolute atomic E-state index is 0.210. The van der Waals surface area contributed by atoms with Crippen LogP contribution >= 0.6 is 45.2 Å². The van der Waals surface area contributed by atoms with Crippen LogP contribution in [0.2, 0.25) is 0 Å². The maximum Gasteiger partial charge on any atom is 0.316 e. The van der Waals surface area contributed by atoms with Crippen molar-refractivity contribution in [1.82, 2.24) is 0 Å². The number of esters is 2. The van der Waals surface area contributed by atoms with E-state index in [1.165, 1.54) is 0 Å². The van der Waals surface area contributed by atoms with Crippen LogP contribution in [0, 0.1) is 0 Å². The van der Waals surface area contributed by atoms with Crippen LogP contribution in [0.5, 0.6) is 0 Å². The summed E-state index contributed by atoms with van der Waals surface area (Å²) in [7, 11) is 0. The number of ether oxygens (including phenoxy) is 2. The largest absolute Gasteiger partial charge is 0.460 e. The monoisotopic (exact) mass is 550 g/mol. The lowest BCUT2D eigenvalue weighted by molar-refractivity contribution is -0.142. The summed E-state index contributed by atoms with van der Waals surface area (Å²) in [6, 6.07) is 15.8. The molecule has 0 spiro atoms. The van der Waals surface area contributed by atoms with E-state index in [1.807, 2.05) is 93.7 Å². The fraction of sp³-hybridized carbons (Fsp3) is 0.222. The van der Waals surface area contributed by atoms with E-state index in [0.29, 0.717) is 22.1 Å². The molecule has 0 radical (unpaired) electrons. The predicted molar refractivity (Wildman–Crippen MR) is 109 cm³/mol. The second kappa shape index (κ2) is 9.97. The molecule has 0 bridgehead atoms. The molecule has 0 aromatic heterocycles. The molecule has 0 fully saturated rings. The number of carbonyl (C=O) groups is 2. The molecule has 0 aliphatic rings. The van der Waals surface area contributed by atoms with Crippen LogP contribution in [-0.2, 0) is 32.3 Å². The van der Waals surface area contributed by atoms with Crippen LogP contribution in [0.25, 0.3) is 11.1 Å². The van der Waals surface area contributed by atoms with E-state index in [-0.39, 0.29) is 11.9 Å². The van der Waals surface area contributed by atoms with Crippen molar-refractivity contribution in [3.05, 3.63) is 59.7 Å². The first-order chi connectivity index (χ1) is 11.6. The van der Waals surface area contributed by atoms with Crippen LogP contribution in [0.15, 0.2) is 48.5 Å². The molecule has 0 amide bonds. The quantitative estimate of drug-likeness (QED) is 0.293. The van der Waals surface area contributed by atoms with E-state index in [2.05, 4.69) is 0 Å². The SMILES string of the molecule is O=C(CI)OCc1ccc(-c2ccc(COC(=O)CI)cc2)cc1. The summed E-state index contributed by atoms with van der Waals surface area (Å²) in [6.45, 7) is 0.590. The molecule has 2 aromatic carbocycles. The number of hydrogen-bond donors (Lipinski definition) is 0. The molecule has 0 aliphatic carbocycles. The Morgan fingerprint density at radius 3 is 1.29 bits per heavy atom. The Morgan fingerprint density at radius 1 is 0.667 bits per heavy atom. The molecular weight excluding hydrogens is 534 g/mol. The third-order valence-corrected chi connectivity index (χ3v) is 4.50. The Hall–Kier alpha value is -1.16. The van der Waals surface area contributed by atoms with Crippen molar-refractivity contribution in [1.29, 1.82) is 0 Å². The van der Waals surface area contributed by atoms with Gasteiger partial charge in [-0.3, -0.25) is 9.59 Å². The van der Waals surface area contributed by atoms with Crippen LogP contribution in [0.1, 0.15) is 11.1 Å². The van der Waals surface area contributed by atoms with Crippen molar-refractivity contribution >= 4 is 57.1 Å². The van der Waals surface area contributed by atoms with Gasteiger partial charge in [0.15, 0.2) is 0 Å². The van der Waals surface area contributed by atoms with E-state index in [1.54, 1.807) is 0 Å². The number of halogens is 2. The molecule has 6 heteroatoms. The van der Waals surface area contributed by atoms with E-state index in [0.717, 1.165) is 22.3 Å². The Kier molecular flexibility index (Phi) is 7.97. The molecule has 4 nitrogen and oxygen atoms in total. The van der Waals surface area contributed by atoms with Crippen molar-refractivity contribution < 1.29 is 19.1 Å². The summed E-state index contributed by atoms with van der Waals surface area (Å²) in [6.07, 6.45) is 0. The van der Waals surface area contributed by atoms with Gasteiger partial charge in [0.2, 0.25) is 0 Å². The number of carbonyl (C=O) groups excluding carboxylic acids is 2. The van der Waals surface area contributed by atoms with Gasteiger partial charge >= 0.3 is 11.9 Å². The van der Waals surface area contributed by atoms with Crippen molar-refractivity contribution in [2.75, 3.05) is 8.86 Å². The first-order valence-electron chi connectivity index (χ1n) is 7.24. The molecular formula is C18H16I2O4. The standard InChI is InChI=1S/C18H16I2O4/c19-9-17(21)23-11-13-1-5-15(6-2-13)16-7-3-14(4-8-16)12-24-18(22)10-20/h1-8H,9-12H2. The zero-order valence-electron chi connectivity index (χ0n) is 12.8. The summed E-state index contributed by atoms with van der Waals surface area (Å²) >= 11 is 3.96. The average Bonchev–Trinajstić information content (AvgIpc) is 2.65. The first kappa shape index (κ1) is 19.2. The Morgan fingerprint density at radius 2 is 1.00 bits per heavy atom. The zero-order valence-corrected chi connectivity index (χ0v) is 17.2. The number of benzene rings is 2. The molecule has 0 atom stereocenters. The third kappa shape index (κ3) is 6.04. The summed E-state index contributed by atoms with van der Waals surface area (Å²) in [5, 5.41) is 0. The number of alkyl halides is 2. The summed E-state index contributed by atoms with van der Waals surface area (Å²) in [5.41, 5.74) is 4.07. The molecule has 0 saturated carbocycles. The molecule has 24 heavy (non-hydrogen) atoms. The second-order valence-electron chi connectivity index (χ2n) is 4.98. The van der Waals surface area contributed by atoms with E-state index < -0.39 is 0 Å². The van der Waals surface area contributed by atoms with Gasteiger partial charge in [-0.25, -0.2) is 0 Å². The molecule has 0 aliphatic heterocycles. The van der Waals surface area contributed by atoms with Gasteiger partial charge in [-0.15, -0.1) is 0 Å². The fourth-order valence-electron chi connectivity index (χ4n) is 1.99. The van der Waals surface area contributed by atoms with Crippen molar-refractivity contribution in [3.63, 3.8) is 0 Å². The summed E-state index contributed by atoms with van der Waals surface area (Å²) in [5.74, 6) is -0.419. The first-order valence-corrected chi connectivity index (χ1v) is 10.3. The highest BCUT2D eigenvalue weighted by Gasteiger charge is 2.04. The normalized spacial score (nSPS) is 10.2. The van der Waals surface area contributed by atoms with Gasteiger partial charge in [0, 0.05) is 0 Å². The van der Waals surface area contributed by atoms with Gasteiger partial charge in [-0.1, -0.05) is 93.7 Å². The molecule has 0 saturated heterocycles. The Balaban J connectivity index is 1.96. The Bertz CT molecular complexity index is 620. The van der Waals surface area contributed by atoms with Gasteiger partial charge in [-0.2, -0.15) is 0 Å². The lowest BCUT2D eigenvalue weighted by atomic mass is 10.0. The zero-order chi connectivity index (χ0) is 17.4. The van der Waals surface area contributed by atoms with E-state index in [4.69, 9.17) is 9.47 Å². The second-order valence-corrected chi connectivity index (χ2v) is 6.51. The van der Waals surface area contributed by atoms with E-state index >= 15 is 0 Å². The minimum atomic E-state index is -0.210. The molecule has 2 aromatic rings. The van der Waals surface area contributed by atoms with Crippen molar-refractivity contribution in [3.8, 4) is 11.1 Å². The lowest BCUT2D eigenvalue weighted by Crippen LogP contribution is -2.05.